The molecule has 5 heteroatoms. The maximum Gasteiger partial charge on any atom is 0.220 e. The third kappa shape index (κ3) is 4.46. The molecule has 0 spiro atoms. The molecular formula is C15H25N3O2. The number of hydrogen-bond donors (Lipinski definition) is 1. The number of nitrogens with one attached hydrogen (secondary N) is 1. The molecule has 1 saturated heterocycles. The molecule has 112 valence electrons. The van der Waals surface area contributed by atoms with Crippen LogP contribution in [0.15, 0.2) is 0 Å². The van der Waals surface area contributed by atoms with Crippen molar-refractivity contribution in [2.24, 2.45) is 5.92 Å². The van der Waals surface area contributed by atoms with Crippen LogP contribution in [0.1, 0.15) is 39.0 Å². The first-order valence-electron chi connectivity index (χ1n) is 7.71. The average Bonchev–Trinajstić information content (AvgIpc) is 2.39. The molecule has 2 fully saturated rings. The topological polar surface area (TPSA) is 65.4 Å². The minimum Gasteiger partial charge on any atom is -0.378 e. The molecule has 0 bridgehead atoms. The Balaban J connectivity index is 1.58. The third-order valence-electron chi connectivity index (χ3n) is 4.32. The van der Waals surface area contributed by atoms with Gasteiger partial charge in [-0.1, -0.05) is 0 Å². The van der Waals surface area contributed by atoms with Crippen LogP contribution < -0.4 is 5.32 Å². The van der Waals surface area contributed by atoms with Gasteiger partial charge in [0.05, 0.1) is 18.7 Å². The Morgan fingerprint density at radius 1 is 1.40 bits per heavy atom. The summed E-state index contributed by atoms with van der Waals surface area (Å²) in [7, 11) is 0. The van der Waals surface area contributed by atoms with Crippen LogP contribution in [0, 0.1) is 17.2 Å². The summed E-state index contributed by atoms with van der Waals surface area (Å²) in [6.07, 6.45) is 5.00. The normalized spacial score (nSPS) is 27.6. The van der Waals surface area contributed by atoms with Gasteiger partial charge in [0.25, 0.3) is 0 Å². The Hall–Kier alpha value is -1.12. The van der Waals surface area contributed by atoms with Crippen molar-refractivity contribution in [3.8, 4) is 6.07 Å². The van der Waals surface area contributed by atoms with Gasteiger partial charge in [0.1, 0.15) is 0 Å². The maximum atomic E-state index is 12.0. The first-order chi connectivity index (χ1) is 9.71. The van der Waals surface area contributed by atoms with E-state index in [1.807, 2.05) is 6.92 Å². The third-order valence-corrected chi connectivity index (χ3v) is 4.32. The molecule has 0 atom stereocenters. The number of piperidine rings is 1. The molecule has 0 aromatic heterocycles. The van der Waals surface area contributed by atoms with E-state index in [4.69, 9.17) is 10.00 Å². The molecule has 1 amide bonds. The molecule has 20 heavy (non-hydrogen) atoms. The van der Waals surface area contributed by atoms with E-state index >= 15 is 0 Å². The average molecular weight is 279 g/mol. The Labute approximate surface area is 121 Å². The van der Waals surface area contributed by atoms with Crippen LogP contribution in [0.25, 0.3) is 0 Å². The molecule has 1 N–H and O–H groups in total. The standard InChI is InChI=1S/C15H25N3O2/c1-2-20-14-9-12(10-14)11-15(19)17-13-3-6-18(7-4-13)8-5-16/h12-14H,2-4,6-11H2,1H3,(H,17,19). The zero-order chi connectivity index (χ0) is 14.4. The predicted octanol–water partition coefficient (Wildman–Crippen LogP) is 1.30. The summed E-state index contributed by atoms with van der Waals surface area (Å²) in [5.74, 6) is 0.689. The van der Waals surface area contributed by atoms with Crippen molar-refractivity contribution < 1.29 is 9.53 Å². The highest BCUT2D eigenvalue weighted by Crippen LogP contribution is 2.32. The second kappa shape index (κ2) is 7.61. The van der Waals surface area contributed by atoms with Gasteiger partial charge in [0.2, 0.25) is 5.91 Å². The highest BCUT2D eigenvalue weighted by Gasteiger charge is 2.31. The van der Waals surface area contributed by atoms with Gasteiger partial charge >= 0.3 is 0 Å². The van der Waals surface area contributed by atoms with Gasteiger partial charge in [-0.25, -0.2) is 0 Å². The van der Waals surface area contributed by atoms with Gasteiger partial charge in [0, 0.05) is 32.2 Å². The van der Waals surface area contributed by atoms with Crippen molar-refractivity contribution in [1.82, 2.24) is 10.2 Å². The lowest BCUT2D eigenvalue weighted by molar-refractivity contribution is -0.125. The van der Waals surface area contributed by atoms with Gasteiger partial charge in [-0.2, -0.15) is 5.26 Å². The Bertz CT molecular complexity index is 353. The zero-order valence-electron chi connectivity index (χ0n) is 12.3. The number of likely N-dealkylation sites (tertiary alicyclic amines) is 1. The monoisotopic (exact) mass is 279 g/mol. The SMILES string of the molecule is CCOC1CC(CC(=O)NC2CCN(CC#N)CC2)C1. The van der Waals surface area contributed by atoms with Crippen molar-refractivity contribution in [1.29, 1.82) is 5.26 Å². The van der Waals surface area contributed by atoms with Crippen molar-refractivity contribution in [2.75, 3.05) is 26.2 Å². The first kappa shape index (κ1) is 15.3. The van der Waals surface area contributed by atoms with E-state index in [-0.39, 0.29) is 5.91 Å². The number of rotatable bonds is 6. The second-order valence-corrected chi connectivity index (χ2v) is 5.89. The van der Waals surface area contributed by atoms with Gasteiger partial charge in [0.15, 0.2) is 0 Å². The maximum absolute atomic E-state index is 12.0. The Morgan fingerprint density at radius 3 is 2.70 bits per heavy atom. The molecule has 0 radical (unpaired) electrons. The fraction of sp³-hybridized carbons (Fsp3) is 0.867. The first-order valence-corrected chi connectivity index (χ1v) is 7.71. The summed E-state index contributed by atoms with van der Waals surface area (Å²) >= 11 is 0. The van der Waals surface area contributed by atoms with Gasteiger partial charge in [-0.3, -0.25) is 9.69 Å². The summed E-state index contributed by atoms with van der Waals surface area (Å²) in [6, 6.07) is 2.47. The smallest absolute Gasteiger partial charge is 0.220 e. The summed E-state index contributed by atoms with van der Waals surface area (Å²) in [4.78, 5) is 14.1. The summed E-state index contributed by atoms with van der Waals surface area (Å²) < 4.78 is 5.51. The zero-order valence-corrected chi connectivity index (χ0v) is 12.3. The van der Waals surface area contributed by atoms with Crippen LogP contribution in [0.3, 0.4) is 0 Å². The van der Waals surface area contributed by atoms with E-state index in [9.17, 15) is 4.79 Å². The van der Waals surface area contributed by atoms with Crippen LogP contribution >= 0.6 is 0 Å². The largest absolute Gasteiger partial charge is 0.378 e. The molecule has 2 rings (SSSR count). The molecule has 1 aliphatic carbocycles. The highest BCUT2D eigenvalue weighted by atomic mass is 16.5. The molecule has 2 aliphatic rings. The molecular weight excluding hydrogens is 254 g/mol. The van der Waals surface area contributed by atoms with E-state index in [2.05, 4.69) is 16.3 Å². The minimum atomic E-state index is 0.184. The molecule has 0 aromatic carbocycles. The van der Waals surface area contributed by atoms with Crippen molar-refractivity contribution in [3.63, 3.8) is 0 Å². The van der Waals surface area contributed by atoms with Crippen LogP contribution in [-0.4, -0.2) is 49.2 Å². The highest BCUT2D eigenvalue weighted by molar-refractivity contribution is 5.76. The number of ether oxygens (including phenoxy) is 1. The Kier molecular flexibility index (Phi) is 5.81. The van der Waals surface area contributed by atoms with E-state index in [0.717, 1.165) is 45.4 Å². The van der Waals surface area contributed by atoms with Crippen LogP contribution in [0.5, 0.6) is 0 Å². The van der Waals surface area contributed by atoms with Gasteiger partial charge < -0.3 is 10.1 Å². The van der Waals surface area contributed by atoms with Gasteiger partial charge in [-0.05, 0) is 38.5 Å². The Morgan fingerprint density at radius 2 is 2.10 bits per heavy atom. The lowest BCUT2D eigenvalue weighted by Crippen LogP contribution is -2.45. The molecule has 0 aromatic rings. The predicted molar refractivity (Wildman–Crippen MR) is 76.0 cm³/mol. The summed E-state index contributed by atoms with van der Waals surface area (Å²) in [5, 5.41) is 11.8. The second-order valence-electron chi connectivity index (χ2n) is 5.89. The van der Waals surface area contributed by atoms with Crippen LogP contribution in [0.2, 0.25) is 0 Å². The lowest BCUT2D eigenvalue weighted by Gasteiger charge is -2.35. The quantitative estimate of drug-likeness (QED) is 0.744. The lowest BCUT2D eigenvalue weighted by atomic mass is 9.80. The van der Waals surface area contributed by atoms with Crippen LogP contribution in [-0.2, 0) is 9.53 Å². The fourth-order valence-corrected chi connectivity index (χ4v) is 3.10. The summed E-state index contributed by atoms with van der Waals surface area (Å²) in [6.45, 7) is 5.10. The van der Waals surface area contributed by atoms with E-state index in [1.165, 1.54) is 0 Å². The van der Waals surface area contributed by atoms with Gasteiger partial charge in [-0.15, -0.1) is 0 Å². The molecule has 0 unspecified atom stereocenters. The van der Waals surface area contributed by atoms with Crippen LogP contribution in [0.4, 0.5) is 0 Å². The molecule has 5 nitrogen and oxygen atoms in total. The number of nitriles is 1. The minimum absolute atomic E-state index is 0.184. The van der Waals surface area contributed by atoms with E-state index in [1.54, 1.807) is 0 Å². The molecule has 1 saturated carbocycles. The number of carbonyl (C=O) groups is 1. The van der Waals surface area contributed by atoms with E-state index in [0.29, 0.717) is 31.0 Å². The van der Waals surface area contributed by atoms with Crippen molar-refractivity contribution in [3.05, 3.63) is 0 Å². The van der Waals surface area contributed by atoms with Crippen molar-refractivity contribution >= 4 is 5.91 Å². The molecule has 1 aliphatic heterocycles. The fourth-order valence-electron chi connectivity index (χ4n) is 3.10. The number of carbonyl (C=O) groups excluding carboxylic acids is 1. The number of amides is 1. The number of nitrogens with zero attached hydrogens (tertiary/aromatic N) is 2. The summed E-state index contributed by atoms with van der Waals surface area (Å²) in [5.41, 5.74) is 0. The number of hydrogen-bond acceptors (Lipinski definition) is 4. The van der Waals surface area contributed by atoms with E-state index < -0.39 is 0 Å². The van der Waals surface area contributed by atoms with Crippen molar-refractivity contribution in [2.45, 2.75) is 51.2 Å². The molecule has 1 heterocycles.